The van der Waals surface area contributed by atoms with Gasteiger partial charge in [0.05, 0.1) is 11.3 Å². The zero-order valence-electron chi connectivity index (χ0n) is 16.0. The molecule has 1 aromatic heterocycles. The van der Waals surface area contributed by atoms with Crippen molar-refractivity contribution < 1.29 is 17.6 Å². The van der Waals surface area contributed by atoms with Crippen LogP contribution in [-0.2, 0) is 12.6 Å². The first-order valence-electron chi connectivity index (χ1n) is 9.02. The maximum atomic E-state index is 14.1. The van der Waals surface area contributed by atoms with Gasteiger partial charge in [-0.05, 0) is 42.3 Å². The second-order valence-corrected chi connectivity index (χ2v) is 6.56. The lowest BCUT2D eigenvalue weighted by Gasteiger charge is -2.12. The molecular formula is C20H18F4N6O. The number of amidine groups is 1. The highest BCUT2D eigenvalue weighted by molar-refractivity contribution is 5.80. The van der Waals surface area contributed by atoms with Crippen LogP contribution < -0.4 is 22.5 Å². The Kier molecular flexibility index (Phi) is 6.23. The normalized spacial score (nSPS) is 12.1. The van der Waals surface area contributed by atoms with Crippen LogP contribution in [0.4, 0.5) is 29.1 Å². The van der Waals surface area contributed by atoms with Gasteiger partial charge >= 0.3 is 6.18 Å². The number of nitrogens with one attached hydrogen (secondary N) is 1. The Morgan fingerprint density at radius 1 is 1.16 bits per heavy atom. The first-order chi connectivity index (χ1) is 14.7. The Hall–Kier alpha value is -3.89. The van der Waals surface area contributed by atoms with Crippen LogP contribution in [0.25, 0.3) is 5.69 Å². The van der Waals surface area contributed by atoms with Gasteiger partial charge in [-0.15, -0.1) is 0 Å². The first kappa shape index (κ1) is 21.8. The average molecular weight is 434 g/mol. The van der Waals surface area contributed by atoms with Crippen molar-refractivity contribution in [1.29, 1.82) is 0 Å². The van der Waals surface area contributed by atoms with E-state index in [2.05, 4.69) is 15.4 Å². The number of hydrogen-bond donors (Lipinski definition) is 3. The molecule has 0 unspecified atom stereocenters. The van der Waals surface area contributed by atoms with Crippen molar-refractivity contribution in [2.75, 3.05) is 5.32 Å². The lowest BCUT2D eigenvalue weighted by molar-refractivity contribution is -0.137. The molecule has 3 aromatic rings. The predicted octanol–water partition coefficient (Wildman–Crippen LogP) is 3.30. The van der Waals surface area contributed by atoms with Crippen molar-refractivity contribution >= 4 is 17.3 Å². The molecule has 0 fully saturated rings. The third kappa shape index (κ3) is 5.18. The van der Waals surface area contributed by atoms with Crippen molar-refractivity contribution in [3.8, 4) is 5.69 Å². The highest BCUT2D eigenvalue weighted by atomic mass is 19.4. The Balaban J connectivity index is 1.83. The van der Waals surface area contributed by atoms with Crippen LogP contribution in [-0.4, -0.2) is 15.4 Å². The van der Waals surface area contributed by atoms with Crippen LogP contribution in [0.5, 0.6) is 0 Å². The van der Waals surface area contributed by atoms with Crippen LogP contribution in [0.3, 0.4) is 0 Å². The zero-order valence-corrected chi connectivity index (χ0v) is 16.0. The molecule has 0 spiro atoms. The molecule has 31 heavy (non-hydrogen) atoms. The number of aromatic nitrogens is 2. The number of aryl methyl sites for hydroxylation is 1. The first-order valence-corrected chi connectivity index (χ1v) is 9.02. The molecule has 0 aliphatic heterocycles. The molecular weight excluding hydrogens is 416 g/mol. The monoisotopic (exact) mass is 434 g/mol. The largest absolute Gasteiger partial charge is 0.416 e. The minimum Gasteiger partial charge on any atom is -0.386 e. The van der Waals surface area contributed by atoms with E-state index in [0.29, 0.717) is 36.5 Å². The van der Waals surface area contributed by atoms with Gasteiger partial charge < -0.3 is 16.9 Å². The molecule has 0 radical (unpaired) electrons. The molecule has 11 heteroatoms. The third-order valence-electron chi connectivity index (χ3n) is 4.44. The quantitative estimate of drug-likeness (QED) is 0.181. The molecule has 7 nitrogen and oxygen atoms in total. The summed E-state index contributed by atoms with van der Waals surface area (Å²) in [5.74, 6) is 4.02. The fourth-order valence-corrected chi connectivity index (χ4v) is 2.78. The molecule has 162 valence electrons. The van der Waals surface area contributed by atoms with Gasteiger partial charge in [0.2, 0.25) is 0 Å². The van der Waals surface area contributed by atoms with Gasteiger partial charge in [-0.1, -0.05) is 12.1 Å². The number of hydrazone groups is 1. The Morgan fingerprint density at radius 3 is 2.48 bits per heavy atom. The standard InChI is InChI=1S/C20H18F4N6O/c21-15-11-13(20(22,23)24)4-7-16(15)28-18-19(31)30(10-9-27-18)14-5-1-12(2-6-14)3-8-17(25)29-26/h1-2,4-7,9-11H,3,8,26H2,(H2,25,29)(H,27,28). The highest BCUT2D eigenvalue weighted by Crippen LogP contribution is 2.31. The molecule has 0 aliphatic carbocycles. The van der Waals surface area contributed by atoms with Gasteiger partial charge in [0, 0.05) is 24.5 Å². The van der Waals surface area contributed by atoms with E-state index < -0.39 is 23.1 Å². The molecule has 0 amide bonds. The number of alkyl halides is 3. The zero-order chi connectivity index (χ0) is 22.6. The van der Waals surface area contributed by atoms with Gasteiger partial charge in [-0.3, -0.25) is 9.36 Å². The Labute approximate surface area is 174 Å². The second-order valence-electron chi connectivity index (χ2n) is 6.56. The van der Waals surface area contributed by atoms with Crippen molar-refractivity contribution in [2.45, 2.75) is 19.0 Å². The van der Waals surface area contributed by atoms with Gasteiger partial charge in [0.1, 0.15) is 11.7 Å². The maximum Gasteiger partial charge on any atom is 0.416 e. The van der Waals surface area contributed by atoms with E-state index in [9.17, 15) is 22.4 Å². The van der Waals surface area contributed by atoms with Crippen molar-refractivity contribution in [3.63, 3.8) is 0 Å². The van der Waals surface area contributed by atoms with E-state index in [0.717, 1.165) is 11.6 Å². The van der Waals surface area contributed by atoms with E-state index in [-0.39, 0.29) is 11.5 Å². The SMILES string of the molecule is N/N=C(\N)CCc1ccc(-n2ccnc(Nc3ccc(C(F)(F)F)cc3F)c2=O)cc1. The van der Waals surface area contributed by atoms with E-state index >= 15 is 0 Å². The van der Waals surface area contributed by atoms with E-state index in [4.69, 9.17) is 11.6 Å². The summed E-state index contributed by atoms with van der Waals surface area (Å²) in [7, 11) is 0. The topological polar surface area (TPSA) is 111 Å². The summed E-state index contributed by atoms with van der Waals surface area (Å²) in [5, 5.41) is 5.85. The molecule has 2 aromatic carbocycles. The summed E-state index contributed by atoms with van der Waals surface area (Å²) in [6, 6.07) is 8.98. The summed E-state index contributed by atoms with van der Waals surface area (Å²) in [6.45, 7) is 0. The van der Waals surface area contributed by atoms with Gasteiger partial charge in [-0.25, -0.2) is 9.37 Å². The molecule has 0 bridgehead atoms. The number of rotatable bonds is 6. The smallest absolute Gasteiger partial charge is 0.386 e. The molecule has 0 atom stereocenters. The number of nitrogens with two attached hydrogens (primary N) is 2. The summed E-state index contributed by atoms with van der Waals surface area (Å²) >= 11 is 0. The van der Waals surface area contributed by atoms with Crippen molar-refractivity contribution in [1.82, 2.24) is 9.55 Å². The fraction of sp³-hybridized carbons (Fsp3) is 0.150. The summed E-state index contributed by atoms with van der Waals surface area (Å²) < 4.78 is 53.5. The molecule has 0 saturated heterocycles. The molecule has 5 N–H and O–H groups in total. The summed E-state index contributed by atoms with van der Waals surface area (Å²) in [6.07, 6.45) is -0.843. The number of benzene rings is 2. The minimum absolute atomic E-state index is 0.239. The van der Waals surface area contributed by atoms with E-state index in [1.54, 1.807) is 24.3 Å². The second kappa shape index (κ2) is 8.86. The van der Waals surface area contributed by atoms with Gasteiger partial charge in [0.25, 0.3) is 5.56 Å². The van der Waals surface area contributed by atoms with Crippen molar-refractivity contribution in [2.24, 2.45) is 16.7 Å². The number of hydrogen-bond acceptors (Lipinski definition) is 5. The number of halogens is 4. The van der Waals surface area contributed by atoms with Crippen LogP contribution in [0.15, 0.2) is 64.8 Å². The van der Waals surface area contributed by atoms with Gasteiger partial charge in [0.15, 0.2) is 5.82 Å². The van der Waals surface area contributed by atoms with Gasteiger partial charge in [-0.2, -0.15) is 18.3 Å². The predicted molar refractivity (Wildman–Crippen MR) is 109 cm³/mol. The Morgan fingerprint density at radius 2 is 1.87 bits per heavy atom. The molecule has 1 heterocycles. The number of nitrogens with zero attached hydrogens (tertiary/aromatic N) is 3. The highest BCUT2D eigenvalue weighted by Gasteiger charge is 2.31. The molecule has 0 saturated carbocycles. The van der Waals surface area contributed by atoms with Crippen LogP contribution in [0, 0.1) is 5.82 Å². The van der Waals surface area contributed by atoms with E-state index in [1.807, 2.05) is 0 Å². The molecule has 3 rings (SSSR count). The van der Waals surface area contributed by atoms with Crippen LogP contribution in [0.2, 0.25) is 0 Å². The Bertz CT molecular complexity index is 1160. The summed E-state index contributed by atoms with van der Waals surface area (Å²) in [5.41, 5.74) is 5.00. The molecule has 0 aliphatic rings. The lowest BCUT2D eigenvalue weighted by Crippen LogP contribution is -2.22. The summed E-state index contributed by atoms with van der Waals surface area (Å²) in [4.78, 5) is 16.6. The minimum atomic E-state index is -4.67. The lowest BCUT2D eigenvalue weighted by atomic mass is 10.1. The third-order valence-corrected chi connectivity index (χ3v) is 4.44. The van der Waals surface area contributed by atoms with Crippen LogP contribution >= 0.6 is 0 Å². The fourth-order valence-electron chi connectivity index (χ4n) is 2.78. The average Bonchev–Trinajstić information content (AvgIpc) is 2.74. The van der Waals surface area contributed by atoms with Crippen LogP contribution in [0.1, 0.15) is 17.5 Å². The maximum absolute atomic E-state index is 14.1. The van der Waals surface area contributed by atoms with E-state index in [1.165, 1.54) is 17.0 Å². The number of anilines is 2. The van der Waals surface area contributed by atoms with Crippen molar-refractivity contribution in [3.05, 3.63) is 82.2 Å².